The van der Waals surface area contributed by atoms with E-state index in [-0.39, 0.29) is 0 Å². The average molecular weight is 253 g/mol. The minimum atomic E-state index is 0.879. The van der Waals surface area contributed by atoms with Crippen molar-refractivity contribution in [1.82, 2.24) is 15.1 Å². The first kappa shape index (κ1) is 14.3. The van der Waals surface area contributed by atoms with Gasteiger partial charge in [-0.05, 0) is 70.9 Å². The van der Waals surface area contributed by atoms with E-state index >= 15 is 0 Å². The molecule has 0 radical (unpaired) electrons. The second-order valence-electron chi connectivity index (χ2n) is 6.03. The van der Waals surface area contributed by atoms with Crippen molar-refractivity contribution < 1.29 is 0 Å². The summed E-state index contributed by atoms with van der Waals surface area (Å²) in [4.78, 5) is 5.41. The second-order valence-corrected chi connectivity index (χ2v) is 6.03. The van der Waals surface area contributed by atoms with Gasteiger partial charge in [0.05, 0.1) is 0 Å². The Kier molecular flexibility index (Phi) is 5.93. The maximum Gasteiger partial charge on any atom is 0.0120 e. The Bertz CT molecular complexity index is 224. The number of nitrogens with one attached hydrogen (secondary N) is 1. The zero-order chi connectivity index (χ0) is 12.8. The maximum absolute atomic E-state index is 3.50. The van der Waals surface area contributed by atoms with Gasteiger partial charge >= 0.3 is 0 Å². The second kappa shape index (κ2) is 7.46. The molecule has 0 aliphatic carbocycles. The molecule has 2 aliphatic heterocycles. The standard InChI is InChI=1S/C15H31N3/c1-3-8-17-9-6-15(7-10-17)18-11-5-14(13-18)12-16-4-2/h14-16H,3-13H2,1-2H3. The van der Waals surface area contributed by atoms with Gasteiger partial charge in [0.25, 0.3) is 0 Å². The van der Waals surface area contributed by atoms with E-state index in [0.29, 0.717) is 0 Å². The average Bonchev–Trinajstić information content (AvgIpc) is 2.86. The highest BCUT2D eigenvalue weighted by Crippen LogP contribution is 2.24. The molecule has 2 heterocycles. The van der Waals surface area contributed by atoms with Gasteiger partial charge in [0.1, 0.15) is 0 Å². The van der Waals surface area contributed by atoms with Gasteiger partial charge in [-0.15, -0.1) is 0 Å². The van der Waals surface area contributed by atoms with Gasteiger partial charge in [0.2, 0.25) is 0 Å². The summed E-state index contributed by atoms with van der Waals surface area (Å²) < 4.78 is 0. The summed E-state index contributed by atoms with van der Waals surface area (Å²) in [6, 6.07) is 0.879. The summed E-state index contributed by atoms with van der Waals surface area (Å²) in [5.74, 6) is 0.902. The number of nitrogens with zero attached hydrogens (tertiary/aromatic N) is 2. The molecule has 3 heteroatoms. The zero-order valence-corrected chi connectivity index (χ0v) is 12.3. The topological polar surface area (TPSA) is 18.5 Å². The van der Waals surface area contributed by atoms with Crippen LogP contribution in [0.3, 0.4) is 0 Å². The van der Waals surface area contributed by atoms with Crippen molar-refractivity contribution in [2.45, 2.75) is 45.6 Å². The van der Waals surface area contributed by atoms with E-state index < -0.39 is 0 Å². The largest absolute Gasteiger partial charge is 0.317 e. The van der Waals surface area contributed by atoms with Crippen molar-refractivity contribution in [2.75, 3.05) is 45.8 Å². The van der Waals surface area contributed by atoms with Crippen molar-refractivity contribution in [3.8, 4) is 0 Å². The van der Waals surface area contributed by atoms with Crippen LogP contribution in [0.25, 0.3) is 0 Å². The van der Waals surface area contributed by atoms with Crippen LogP contribution in [0.1, 0.15) is 39.5 Å². The lowest BCUT2D eigenvalue weighted by atomic mass is 10.0. The van der Waals surface area contributed by atoms with E-state index in [0.717, 1.165) is 18.5 Å². The molecular formula is C15H31N3. The minimum Gasteiger partial charge on any atom is -0.317 e. The van der Waals surface area contributed by atoms with E-state index in [1.807, 2.05) is 0 Å². The number of piperidine rings is 1. The van der Waals surface area contributed by atoms with E-state index in [1.54, 1.807) is 0 Å². The third-order valence-electron chi connectivity index (χ3n) is 4.61. The fraction of sp³-hybridized carbons (Fsp3) is 1.00. The Morgan fingerprint density at radius 2 is 1.83 bits per heavy atom. The highest BCUT2D eigenvalue weighted by molar-refractivity contribution is 4.85. The van der Waals surface area contributed by atoms with Crippen molar-refractivity contribution >= 4 is 0 Å². The Hall–Kier alpha value is -0.120. The summed E-state index contributed by atoms with van der Waals surface area (Å²) in [5.41, 5.74) is 0. The Morgan fingerprint density at radius 1 is 1.06 bits per heavy atom. The molecule has 0 spiro atoms. The predicted molar refractivity (Wildman–Crippen MR) is 78.0 cm³/mol. The molecule has 0 amide bonds. The molecule has 1 N–H and O–H groups in total. The lowest BCUT2D eigenvalue weighted by Crippen LogP contribution is -2.44. The first-order valence-electron chi connectivity index (χ1n) is 8.00. The molecule has 2 rings (SSSR count). The Morgan fingerprint density at radius 3 is 2.50 bits per heavy atom. The van der Waals surface area contributed by atoms with E-state index in [2.05, 4.69) is 29.0 Å². The van der Waals surface area contributed by atoms with Crippen molar-refractivity contribution in [1.29, 1.82) is 0 Å². The van der Waals surface area contributed by atoms with Crippen LogP contribution in [0.2, 0.25) is 0 Å². The SMILES string of the molecule is CCCN1CCC(N2CCC(CNCC)C2)CC1. The first-order chi connectivity index (χ1) is 8.83. The third kappa shape index (κ3) is 3.94. The lowest BCUT2D eigenvalue weighted by Gasteiger charge is -2.36. The molecule has 18 heavy (non-hydrogen) atoms. The molecule has 3 nitrogen and oxygen atoms in total. The van der Waals surface area contributed by atoms with Crippen LogP contribution in [0, 0.1) is 5.92 Å². The third-order valence-corrected chi connectivity index (χ3v) is 4.61. The van der Waals surface area contributed by atoms with Crippen LogP contribution >= 0.6 is 0 Å². The fourth-order valence-electron chi connectivity index (χ4n) is 3.53. The monoisotopic (exact) mass is 253 g/mol. The summed E-state index contributed by atoms with van der Waals surface area (Å²) in [7, 11) is 0. The van der Waals surface area contributed by atoms with Gasteiger partial charge in [0.15, 0.2) is 0 Å². The van der Waals surface area contributed by atoms with E-state index in [1.165, 1.54) is 65.0 Å². The number of likely N-dealkylation sites (tertiary alicyclic amines) is 2. The van der Waals surface area contributed by atoms with Gasteiger partial charge < -0.3 is 10.2 Å². The van der Waals surface area contributed by atoms with Gasteiger partial charge in [-0.25, -0.2) is 0 Å². The molecule has 1 unspecified atom stereocenters. The highest BCUT2D eigenvalue weighted by Gasteiger charge is 2.30. The summed E-state index contributed by atoms with van der Waals surface area (Å²) in [5, 5.41) is 3.50. The van der Waals surface area contributed by atoms with Crippen LogP contribution in [0.5, 0.6) is 0 Å². The van der Waals surface area contributed by atoms with Gasteiger partial charge in [0, 0.05) is 12.6 Å². The van der Waals surface area contributed by atoms with Gasteiger partial charge in [-0.1, -0.05) is 13.8 Å². The number of hydrogen-bond acceptors (Lipinski definition) is 3. The molecular weight excluding hydrogens is 222 g/mol. The predicted octanol–water partition coefficient (Wildman–Crippen LogP) is 1.79. The normalized spacial score (nSPS) is 28.0. The molecule has 0 aromatic rings. The summed E-state index contributed by atoms with van der Waals surface area (Å²) >= 11 is 0. The van der Waals surface area contributed by atoms with E-state index in [9.17, 15) is 0 Å². The highest BCUT2D eigenvalue weighted by atomic mass is 15.2. The maximum atomic E-state index is 3.50. The zero-order valence-electron chi connectivity index (χ0n) is 12.3. The molecule has 106 valence electrons. The van der Waals surface area contributed by atoms with Gasteiger partial charge in [-0.2, -0.15) is 0 Å². The molecule has 0 bridgehead atoms. The van der Waals surface area contributed by atoms with Crippen LogP contribution in [-0.4, -0.2) is 61.7 Å². The molecule has 1 atom stereocenters. The molecule has 2 fully saturated rings. The van der Waals surface area contributed by atoms with Crippen molar-refractivity contribution in [3.05, 3.63) is 0 Å². The molecule has 0 saturated carbocycles. The van der Waals surface area contributed by atoms with Crippen LogP contribution < -0.4 is 5.32 Å². The van der Waals surface area contributed by atoms with Crippen molar-refractivity contribution in [2.24, 2.45) is 5.92 Å². The fourth-order valence-corrected chi connectivity index (χ4v) is 3.53. The van der Waals surface area contributed by atoms with Gasteiger partial charge in [-0.3, -0.25) is 4.90 Å². The smallest absolute Gasteiger partial charge is 0.0120 e. The van der Waals surface area contributed by atoms with Crippen LogP contribution in [0.15, 0.2) is 0 Å². The molecule has 2 aliphatic rings. The number of rotatable bonds is 6. The Labute approximate surface area is 113 Å². The molecule has 0 aromatic carbocycles. The summed E-state index contributed by atoms with van der Waals surface area (Å²) in [6.07, 6.45) is 5.50. The van der Waals surface area contributed by atoms with E-state index in [4.69, 9.17) is 0 Å². The molecule has 2 saturated heterocycles. The van der Waals surface area contributed by atoms with Crippen LogP contribution in [-0.2, 0) is 0 Å². The first-order valence-corrected chi connectivity index (χ1v) is 8.00. The minimum absolute atomic E-state index is 0.879. The Balaban J connectivity index is 1.68. The number of hydrogen-bond donors (Lipinski definition) is 1. The molecule has 0 aromatic heterocycles. The van der Waals surface area contributed by atoms with Crippen LogP contribution in [0.4, 0.5) is 0 Å². The lowest BCUT2D eigenvalue weighted by molar-refractivity contribution is 0.124. The summed E-state index contributed by atoms with van der Waals surface area (Å²) in [6.45, 7) is 13.5. The quantitative estimate of drug-likeness (QED) is 0.778. The van der Waals surface area contributed by atoms with Crippen molar-refractivity contribution in [3.63, 3.8) is 0 Å².